The highest BCUT2D eigenvalue weighted by Crippen LogP contribution is 2.24. The second kappa shape index (κ2) is 35.6. The minimum atomic E-state index is -1.57. The average molecular weight is 853 g/mol. The summed E-state index contributed by atoms with van der Waals surface area (Å²) in [5.41, 5.74) is 6.89. The lowest BCUT2D eigenvalue weighted by Crippen LogP contribution is -2.60. The number of rotatable bonds is 39. The van der Waals surface area contributed by atoms with Crippen LogP contribution in [0.25, 0.3) is 0 Å². The molecule has 12 heteroatoms. The normalized spacial score (nSPS) is 20.8. The molecule has 8 N–H and O–H groups in total. The number of ether oxygens (including phenoxy) is 4. The molecule has 1 aliphatic heterocycles. The van der Waals surface area contributed by atoms with Crippen LogP contribution in [-0.4, -0.2) is 114 Å². The predicted molar refractivity (Wildman–Crippen MR) is 239 cm³/mol. The van der Waals surface area contributed by atoms with Gasteiger partial charge in [0, 0.05) is 13.0 Å². The van der Waals surface area contributed by atoms with Gasteiger partial charge in [-0.2, -0.15) is 0 Å². The van der Waals surface area contributed by atoms with Gasteiger partial charge in [-0.05, 0) is 62.8 Å². The van der Waals surface area contributed by atoms with Gasteiger partial charge < -0.3 is 55.5 Å². The third-order valence-electron chi connectivity index (χ3n) is 11.9. The van der Waals surface area contributed by atoms with E-state index in [0.29, 0.717) is 26.0 Å². The number of aliphatic hydroxyl groups excluding tert-OH is 5. The van der Waals surface area contributed by atoms with Crippen LogP contribution >= 0.6 is 0 Å². The lowest BCUT2D eigenvalue weighted by atomic mass is 9.98. The van der Waals surface area contributed by atoms with Crippen LogP contribution in [0.15, 0.2) is 24.3 Å². The molecule has 1 fully saturated rings. The van der Waals surface area contributed by atoms with Crippen molar-refractivity contribution >= 4 is 5.91 Å². The summed E-state index contributed by atoms with van der Waals surface area (Å²) < 4.78 is 22.7. The van der Waals surface area contributed by atoms with E-state index in [1.165, 1.54) is 76.2 Å². The van der Waals surface area contributed by atoms with E-state index in [1.807, 2.05) is 12.1 Å². The van der Waals surface area contributed by atoms with Crippen LogP contribution in [-0.2, 0) is 25.4 Å². The van der Waals surface area contributed by atoms with E-state index in [-0.39, 0.29) is 25.5 Å². The number of aliphatic hydroxyl groups is 5. The van der Waals surface area contributed by atoms with Crippen LogP contribution in [0.5, 0.6) is 5.75 Å². The number of aryl methyl sites for hydroxylation is 1. The third-order valence-corrected chi connectivity index (χ3v) is 11.9. The Morgan fingerprint density at radius 3 is 1.87 bits per heavy atom. The number of hydrogen-bond acceptors (Lipinski definition) is 11. The summed E-state index contributed by atoms with van der Waals surface area (Å²) >= 11 is 0. The second-order valence-electron chi connectivity index (χ2n) is 17.2. The predicted octanol–water partition coefficient (Wildman–Crippen LogP) is 7.41. The zero-order chi connectivity index (χ0) is 43.6. The van der Waals surface area contributed by atoms with E-state index in [4.69, 9.17) is 24.7 Å². The van der Waals surface area contributed by atoms with Crippen LogP contribution < -0.4 is 15.8 Å². The molecule has 12 nitrogen and oxygen atoms in total. The zero-order valence-corrected chi connectivity index (χ0v) is 37.7. The number of nitrogens with two attached hydrogens (primary N) is 1. The average Bonchev–Trinajstić information content (AvgIpc) is 3.25. The number of carbonyl (C=O) groups is 1. The summed E-state index contributed by atoms with van der Waals surface area (Å²) in [6.45, 7) is 3.06. The van der Waals surface area contributed by atoms with E-state index in [9.17, 15) is 30.3 Å². The Morgan fingerprint density at radius 1 is 0.717 bits per heavy atom. The van der Waals surface area contributed by atoms with E-state index < -0.39 is 49.0 Å². The van der Waals surface area contributed by atoms with Crippen molar-refractivity contribution in [3.8, 4) is 5.75 Å². The van der Waals surface area contributed by atoms with Crippen molar-refractivity contribution in [2.75, 3.05) is 33.5 Å². The number of nitrogens with one attached hydrogen (secondary N) is 1. The quantitative estimate of drug-likeness (QED) is 0.0327. The highest BCUT2D eigenvalue weighted by molar-refractivity contribution is 5.76. The summed E-state index contributed by atoms with van der Waals surface area (Å²) in [7, 11) is 1.68. The molecule has 8 atom stereocenters. The van der Waals surface area contributed by atoms with Crippen molar-refractivity contribution in [2.45, 2.75) is 229 Å². The smallest absolute Gasteiger partial charge is 0.220 e. The first-order chi connectivity index (χ1) is 29.2. The molecule has 0 aromatic heterocycles. The van der Waals surface area contributed by atoms with E-state index in [0.717, 1.165) is 89.2 Å². The molecule has 1 amide bonds. The molecule has 0 radical (unpaired) electrons. The number of unbranched alkanes of at least 4 members (excludes halogenated alkanes) is 21. The molecule has 2 rings (SSSR count). The molecule has 0 saturated carbocycles. The molecule has 1 aromatic carbocycles. The minimum absolute atomic E-state index is 0.00711. The van der Waals surface area contributed by atoms with Crippen molar-refractivity contribution in [1.82, 2.24) is 5.32 Å². The third kappa shape index (κ3) is 24.7. The van der Waals surface area contributed by atoms with Gasteiger partial charge in [0.25, 0.3) is 0 Å². The Hall–Kier alpha value is -1.87. The lowest BCUT2D eigenvalue weighted by molar-refractivity contribution is -0.304. The summed E-state index contributed by atoms with van der Waals surface area (Å²) in [5.74, 6) is 0.629. The molecular formula is C48H88N2O10. The molecule has 1 saturated heterocycles. The van der Waals surface area contributed by atoms with E-state index in [1.54, 1.807) is 7.11 Å². The second-order valence-corrected chi connectivity index (χ2v) is 17.2. The minimum Gasteiger partial charge on any atom is -0.497 e. The van der Waals surface area contributed by atoms with Crippen LogP contribution in [0.2, 0.25) is 0 Å². The van der Waals surface area contributed by atoms with Crippen molar-refractivity contribution in [1.29, 1.82) is 0 Å². The van der Waals surface area contributed by atoms with Gasteiger partial charge in [0.1, 0.15) is 36.3 Å². The molecule has 0 aliphatic carbocycles. The molecule has 0 bridgehead atoms. The molecule has 350 valence electrons. The standard InChI is InChI=1S/C48H88N2O10/c1-3-4-5-6-7-8-9-10-11-15-18-23-28-41(51)44(53)40(36-59-48-47(56)46(55)45(54)42(60-48)37-58-35-26-21-20-25-34-49)50-43(52)29-24-19-16-13-12-14-17-22-27-38-30-32-39(57-2)33-31-38/h30-33,40-42,44-48,51,53-56H,3-29,34-37,49H2,1-2H3,(H,50,52)/t40-,41+,42?,44-,45?,46?,47?,48?/m0/s1. The summed E-state index contributed by atoms with van der Waals surface area (Å²) in [6, 6.07) is 7.29. The Morgan fingerprint density at radius 2 is 1.27 bits per heavy atom. The number of amides is 1. The summed E-state index contributed by atoms with van der Waals surface area (Å²) in [4.78, 5) is 13.2. The van der Waals surface area contributed by atoms with Crippen molar-refractivity contribution in [3.05, 3.63) is 29.8 Å². The van der Waals surface area contributed by atoms with Crippen molar-refractivity contribution < 1.29 is 49.3 Å². The molecule has 1 aliphatic rings. The first-order valence-electron chi connectivity index (χ1n) is 24.1. The first kappa shape index (κ1) is 54.3. The van der Waals surface area contributed by atoms with Gasteiger partial charge >= 0.3 is 0 Å². The van der Waals surface area contributed by atoms with Gasteiger partial charge in [0.2, 0.25) is 5.91 Å². The van der Waals surface area contributed by atoms with Gasteiger partial charge in [0.05, 0.1) is 32.5 Å². The fraction of sp³-hybridized carbons (Fsp3) is 0.854. The van der Waals surface area contributed by atoms with E-state index >= 15 is 0 Å². The van der Waals surface area contributed by atoms with Gasteiger partial charge in [0.15, 0.2) is 6.29 Å². The Kier molecular flexibility index (Phi) is 32.2. The molecule has 1 heterocycles. The monoisotopic (exact) mass is 853 g/mol. The number of hydrogen-bond donors (Lipinski definition) is 7. The van der Waals surface area contributed by atoms with Gasteiger partial charge in [-0.3, -0.25) is 4.79 Å². The maximum atomic E-state index is 13.2. The van der Waals surface area contributed by atoms with Crippen molar-refractivity contribution in [3.63, 3.8) is 0 Å². The SMILES string of the molecule is CCCCCCCCCCCCCC[C@@H](O)[C@@H](O)[C@H](COC1OC(COCCCCCCN)C(O)C(O)C1O)NC(=O)CCCCCCCCCCc1ccc(OC)cc1. The number of methoxy groups -OCH3 is 1. The largest absolute Gasteiger partial charge is 0.497 e. The fourth-order valence-corrected chi connectivity index (χ4v) is 7.90. The maximum absolute atomic E-state index is 13.2. The molecule has 5 unspecified atom stereocenters. The Balaban J connectivity index is 1.80. The van der Waals surface area contributed by atoms with Gasteiger partial charge in [-0.1, -0.05) is 147 Å². The van der Waals surface area contributed by atoms with Crippen LogP contribution in [0.1, 0.15) is 179 Å². The summed E-state index contributed by atoms with van der Waals surface area (Å²) in [6.07, 6.45) is 19.1. The number of benzene rings is 1. The van der Waals surface area contributed by atoms with Crippen LogP contribution in [0.4, 0.5) is 0 Å². The first-order valence-corrected chi connectivity index (χ1v) is 24.1. The molecule has 60 heavy (non-hydrogen) atoms. The highest BCUT2D eigenvalue weighted by atomic mass is 16.7. The number of carbonyl (C=O) groups excluding carboxylic acids is 1. The molecule has 0 spiro atoms. The zero-order valence-electron chi connectivity index (χ0n) is 37.7. The van der Waals surface area contributed by atoms with Gasteiger partial charge in [-0.25, -0.2) is 0 Å². The Labute approximate surface area is 363 Å². The van der Waals surface area contributed by atoms with E-state index in [2.05, 4.69) is 24.4 Å². The highest BCUT2D eigenvalue weighted by Gasteiger charge is 2.45. The van der Waals surface area contributed by atoms with Crippen LogP contribution in [0, 0.1) is 0 Å². The Bertz CT molecular complexity index is 1150. The van der Waals surface area contributed by atoms with Crippen molar-refractivity contribution in [2.24, 2.45) is 5.73 Å². The molecular weight excluding hydrogens is 765 g/mol. The van der Waals surface area contributed by atoms with Gasteiger partial charge in [-0.15, -0.1) is 0 Å². The lowest BCUT2D eigenvalue weighted by Gasteiger charge is -2.40. The fourth-order valence-electron chi connectivity index (χ4n) is 7.90. The molecule has 1 aromatic rings. The topological polar surface area (TPSA) is 193 Å². The summed E-state index contributed by atoms with van der Waals surface area (Å²) in [5, 5.41) is 57.2. The maximum Gasteiger partial charge on any atom is 0.220 e. The van der Waals surface area contributed by atoms with Crippen LogP contribution in [0.3, 0.4) is 0 Å².